The van der Waals surface area contributed by atoms with Gasteiger partial charge in [0.05, 0.1) is 16.3 Å². The molecule has 0 saturated heterocycles. The Labute approximate surface area is 104 Å². The third-order valence-electron chi connectivity index (χ3n) is 2.32. The largest absolute Gasteiger partial charge is 0.472 e. The van der Waals surface area contributed by atoms with Crippen LogP contribution in [-0.2, 0) is 6.42 Å². The Morgan fingerprint density at radius 1 is 1.29 bits per heavy atom. The monoisotopic (exact) mass is 300 g/mol. The van der Waals surface area contributed by atoms with Crippen molar-refractivity contribution in [2.75, 3.05) is 0 Å². The first-order chi connectivity index (χ1) is 8.09. The number of carbonyl (C=O) groups excluding carboxylic acids is 1. The highest BCUT2D eigenvalue weighted by atomic mass is 79.9. The zero-order valence-corrected chi connectivity index (χ0v) is 10.1. The number of hydrogen-bond donors (Lipinski definition) is 0. The van der Waals surface area contributed by atoms with Gasteiger partial charge in [0, 0.05) is 12.0 Å². The number of carbonyl (C=O) groups is 1. The maximum atomic E-state index is 13.6. The highest BCUT2D eigenvalue weighted by Crippen LogP contribution is 2.23. The van der Waals surface area contributed by atoms with E-state index < -0.39 is 17.4 Å². The summed E-state index contributed by atoms with van der Waals surface area (Å²) in [5.74, 6) is -1.88. The van der Waals surface area contributed by atoms with Gasteiger partial charge in [0.15, 0.2) is 5.78 Å². The van der Waals surface area contributed by atoms with Crippen molar-refractivity contribution in [2.24, 2.45) is 0 Å². The molecule has 1 heterocycles. The van der Waals surface area contributed by atoms with Crippen LogP contribution < -0.4 is 0 Å². The van der Waals surface area contributed by atoms with Crippen LogP contribution in [0, 0.1) is 11.6 Å². The van der Waals surface area contributed by atoms with Crippen LogP contribution in [0.1, 0.15) is 15.9 Å². The number of halogens is 3. The van der Waals surface area contributed by atoms with Gasteiger partial charge in [-0.05, 0) is 34.1 Å². The maximum Gasteiger partial charge on any atom is 0.170 e. The predicted octanol–water partition coefficient (Wildman–Crippen LogP) is 3.75. The van der Waals surface area contributed by atoms with Crippen LogP contribution in [0.2, 0.25) is 0 Å². The first kappa shape index (κ1) is 12.0. The summed E-state index contributed by atoms with van der Waals surface area (Å²) in [6.07, 6.45) is 2.24. The molecule has 0 bridgehead atoms. The molecule has 2 aromatic rings. The van der Waals surface area contributed by atoms with E-state index in [1.165, 1.54) is 24.7 Å². The smallest absolute Gasteiger partial charge is 0.170 e. The van der Waals surface area contributed by atoms with Gasteiger partial charge in [-0.3, -0.25) is 4.79 Å². The Hall–Kier alpha value is -1.49. The maximum absolute atomic E-state index is 13.6. The average Bonchev–Trinajstić information content (AvgIpc) is 2.83. The molecule has 0 spiro atoms. The van der Waals surface area contributed by atoms with Crippen molar-refractivity contribution in [1.82, 2.24) is 0 Å². The summed E-state index contributed by atoms with van der Waals surface area (Å²) in [5, 5.41) is 0. The number of furan rings is 1. The minimum atomic E-state index is -0.748. The quantitative estimate of drug-likeness (QED) is 0.638. The van der Waals surface area contributed by atoms with Crippen molar-refractivity contribution in [2.45, 2.75) is 6.42 Å². The molecule has 0 unspecified atom stereocenters. The summed E-state index contributed by atoms with van der Waals surface area (Å²) in [7, 11) is 0. The minimum Gasteiger partial charge on any atom is -0.472 e. The van der Waals surface area contributed by atoms with Crippen LogP contribution in [0.5, 0.6) is 0 Å². The van der Waals surface area contributed by atoms with Crippen molar-refractivity contribution in [3.63, 3.8) is 0 Å². The number of benzene rings is 1. The predicted molar refractivity (Wildman–Crippen MR) is 60.8 cm³/mol. The van der Waals surface area contributed by atoms with E-state index in [0.29, 0.717) is 5.56 Å². The molecule has 2 rings (SSSR count). The van der Waals surface area contributed by atoms with E-state index >= 15 is 0 Å². The van der Waals surface area contributed by atoms with E-state index in [1.807, 2.05) is 0 Å². The summed E-state index contributed by atoms with van der Waals surface area (Å²) < 4.78 is 31.9. The number of rotatable bonds is 3. The molecule has 0 saturated carbocycles. The van der Waals surface area contributed by atoms with Gasteiger partial charge in [0.25, 0.3) is 0 Å². The van der Waals surface area contributed by atoms with Gasteiger partial charge >= 0.3 is 0 Å². The SMILES string of the molecule is O=C(Cc1c(F)ccc(Br)c1F)c1ccoc1. The molecule has 0 aliphatic heterocycles. The molecule has 88 valence electrons. The van der Waals surface area contributed by atoms with Gasteiger partial charge < -0.3 is 4.42 Å². The lowest BCUT2D eigenvalue weighted by Gasteiger charge is -2.04. The lowest BCUT2D eigenvalue weighted by Crippen LogP contribution is -2.06. The molecule has 5 heteroatoms. The number of Topliss-reactive ketones (excluding diaryl/α,β-unsaturated/α-hetero) is 1. The lowest BCUT2D eigenvalue weighted by atomic mass is 10.0. The number of hydrogen-bond acceptors (Lipinski definition) is 2. The second-order valence-corrected chi connectivity index (χ2v) is 4.29. The van der Waals surface area contributed by atoms with E-state index in [1.54, 1.807) is 0 Å². The van der Waals surface area contributed by atoms with Crippen molar-refractivity contribution < 1.29 is 18.0 Å². The molecule has 0 atom stereocenters. The van der Waals surface area contributed by atoms with Crippen molar-refractivity contribution in [1.29, 1.82) is 0 Å². The molecular formula is C12H7BrF2O2. The van der Waals surface area contributed by atoms with E-state index in [0.717, 1.165) is 6.07 Å². The first-order valence-corrected chi connectivity index (χ1v) is 5.56. The van der Waals surface area contributed by atoms with Crippen LogP contribution in [-0.4, -0.2) is 5.78 Å². The van der Waals surface area contributed by atoms with Crippen LogP contribution in [0.15, 0.2) is 39.6 Å². The third-order valence-corrected chi connectivity index (χ3v) is 2.93. The van der Waals surface area contributed by atoms with Crippen LogP contribution in [0.3, 0.4) is 0 Å². The van der Waals surface area contributed by atoms with Gasteiger partial charge in [-0.25, -0.2) is 8.78 Å². The normalized spacial score (nSPS) is 10.5. The fourth-order valence-electron chi connectivity index (χ4n) is 1.42. The van der Waals surface area contributed by atoms with Crippen molar-refractivity contribution >= 4 is 21.7 Å². The second-order valence-electron chi connectivity index (χ2n) is 3.43. The molecule has 0 aliphatic rings. The molecule has 2 nitrogen and oxygen atoms in total. The zero-order valence-electron chi connectivity index (χ0n) is 8.54. The molecule has 17 heavy (non-hydrogen) atoms. The minimum absolute atomic E-state index is 0.133. The second kappa shape index (κ2) is 4.79. The fourth-order valence-corrected chi connectivity index (χ4v) is 1.79. The Kier molecular flexibility index (Phi) is 3.38. The van der Waals surface area contributed by atoms with E-state index in [2.05, 4.69) is 15.9 Å². The average molecular weight is 301 g/mol. The molecule has 0 fully saturated rings. The summed E-state index contributed by atoms with van der Waals surface area (Å²) in [4.78, 5) is 11.7. The molecule has 1 aromatic heterocycles. The Morgan fingerprint density at radius 2 is 2.06 bits per heavy atom. The van der Waals surface area contributed by atoms with Crippen molar-refractivity contribution in [3.8, 4) is 0 Å². The standard InChI is InChI=1S/C12H7BrF2O2/c13-9-1-2-10(14)8(12(9)15)5-11(16)7-3-4-17-6-7/h1-4,6H,5H2. The highest BCUT2D eigenvalue weighted by molar-refractivity contribution is 9.10. The Bertz CT molecular complexity index is 550. The van der Waals surface area contributed by atoms with Gasteiger partial charge in [-0.2, -0.15) is 0 Å². The van der Waals surface area contributed by atoms with Gasteiger partial charge in [-0.15, -0.1) is 0 Å². The molecule has 0 radical (unpaired) electrons. The van der Waals surface area contributed by atoms with Crippen LogP contribution >= 0.6 is 15.9 Å². The zero-order chi connectivity index (χ0) is 12.4. The lowest BCUT2D eigenvalue weighted by molar-refractivity contribution is 0.0990. The molecular weight excluding hydrogens is 294 g/mol. The van der Waals surface area contributed by atoms with Crippen LogP contribution in [0.4, 0.5) is 8.78 Å². The van der Waals surface area contributed by atoms with E-state index in [4.69, 9.17) is 4.42 Å². The highest BCUT2D eigenvalue weighted by Gasteiger charge is 2.17. The molecule has 1 aromatic carbocycles. The van der Waals surface area contributed by atoms with Crippen molar-refractivity contribution in [3.05, 3.63) is 58.0 Å². The summed E-state index contributed by atoms with van der Waals surface area (Å²) in [5.41, 5.74) is 0.0503. The van der Waals surface area contributed by atoms with Gasteiger partial charge in [0.1, 0.15) is 17.9 Å². The molecule has 0 amide bonds. The fraction of sp³-hybridized carbons (Fsp3) is 0.0833. The van der Waals surface area contributed by atoms with E-state index in [-0.39, 0.29) is 16.5 Å². The summed E-state index contributed by atoms with van der Waals surface area (Å²) in [6, 6.07) is 3.83. The molecule has 0 N–H and O–H groups in total. The molecule has 0 aliphatic carbocycles. The summed E-state index contributed by atoms with van der Waals surface area (Å²) in [6.45, 7) is 0. The van der Waals surface area contributed by atoms with Gasteiger partial charge in [0.2, 0.25) is 0 Å². The third kappa shape index (κ3) is 2.44. The topological polar surface area (TPSA) is 30.2 Å². The number of ketones is 1. The van der Waals surface area contributed by atoms with Crippen LogP contribution in [0.25, 0.3) is 0 Å². The first-order valence-electron chi connectivity index (χ1n) is 4.77. The van der Waals surface area contributed by atoms with E-state index in [9.17, 15) is 13.6 Å². The van der Waals surface area contributed by atoms with Gasteiger partial charge in [-0.1, -0.05) is 0 Å². The summed E-state index contributed by atoms with van der Waals surface area (Å²) >= 11 is 2.95. The Morgan fingerprint density at radius 3 is 2.71 bits per heavy atom. The Balaban J connectivity index is 2.31.